The largest absolute Gasteiger partial charge is 0.481 e. The minimum absolute atomic E-state index is 0.0318. The highest BCUT2D eigenvalue weighted by Gasteiger charge is 2.00. The predicted molar refractivity (Wildman–Crippen MR) is 65.6 cm³/mol. The molecule has 15 heavy (non-hydrogen) atoms. The first-order valence-electron chi connectivity index (χ1n) is 4.80. The average molecular weight is 251 g/mol. The SMILES string of the molecule is CCCSCC(=O)NCCSCC(=O)O. The van der Waals surface area contributed by atoms with Crippen molar-refractivity contribution in [2.75, 3.05) is 29.6 Å². The van der Waals surface area contributed by atoms with Crippen molar-refractivity contribution in [2.24, 2.45) is 0 Å². The summed E-state index contributed by atoms with van der Waals surface area (Å²) in [5.41, 5.74) is 0. The molecule has 4 nitrogen and oxygen atoms in total. The van der Waals surface area contributed by atoms with Crippen LogP contribution in [0.4, 0.5) is 0 Å². The fourth-order valence-corrected chi connectivity index (χ4v) is 2.07. The van der Waals surface area contributed by atoms with Gasteiger partial charge in [-0.25, -0.2) is 0 Å². The Bertz CT molecular complexity index is 200. The molecule has 0 radical (unpaired) electrons. The van der Waals surface area contributed by atoms with Crippen molar-refractivity contribution in [1.82, 2.24) is 5.32 Å². The molecule has 0 fully saturated rings. The van der Waals surface area contributed by atoms with Crippen molar-refractivity contribution in [1.29, 1.82) is 0 Å². The van der Waals surface area contributed by atoms with Crippen molar-refractivity contribution >= 4 is 35.4 Å². The highest BCUT2D eigenvalue weighted by atomic mass is 32.2. The van der Waals surface area contributed by atoms with Crippen LogP contribution in [0.3, 0.4) is 0 Å². The molecule has 0 heterocycles. The molecule has 0 saturated heterocycles. The summed E-state index contributed by atoms with van der Waals surface area (Å²) in [5.74, 6) is 1.46. The fraction of sp³-hybridized carbons (Fsp3) is 0.778. The highest BCUT2D eigenvalue weighted by Crippen LogP contribution is 2.01. The Morgan fingerprint density at radius 2 is 1.87 bits per heavy atom. The summed E-state index contributed by atoms with van der Waals surface area (Å²) in [7, 11) is 0. The third-order valence-corrected chi connectivity index (χ3v) is 3.48. The lowest BCUT2D eigenvalue weighted by Gasteiger charge is -2.03. The van der Waals surface area contributed by atoms with Gasteiger partial charge >= 0.3 is 5.97 Å². The maximum Gasteiger partial charge on any atom is 0.313 e. The molecule has 0 bridgehead atoms. The van der Waals surface area contributed by atoms with E-state index >= 15 is 0 Å². The second-order valence-corrected chi connectivity index (χ2v) is 5.06. The van der Waals surface area contributed by atoms with Gasteiger partial charge in [0.25, 0.3) is 0 Å². The molecule has 0 aromatic heterocycles. The van der Waals surface area contributed by atoms with Crippen molar-refractivity contribution in [3.05, 3.63) is 0 Å². The lowest BCUT2D eigenvalue weighted by atomic mass is 10.6. The Kier molecular flexibility index (Phi) is 9.92. The van der Waals surface area contributed by atoms with Gasteiger partial charge < -0.3 is 10.4 Å². The third kappa shape index (κ3) is 11.6. The number of hydrogen-bond donors (Lipinski definition) is 2. The number of carbonyl (C=O) groups excluding carboxylic acids is 1. The second kappa shape index (κ2) is 10.2. The Morgan fingerprint density at radius 1 is 1.20 bits per heavy atom. The number of thioether (sulfide) groups is 2. The minimum Gasteiger partial charge on any atom is -0.481 e. The highest BCUT2D eigenvalue weighted by molar-refractivity contribution is 8.00. The van der Waals surface area contributed by atoms with Gasteiger partial charge in [-0.3, -0.25) is 9.59 Å². The normalized spacial score (nSPS) is 9.93. The lowest BCUT2D eigenvalue weighted by molar-refractivity contribution is -0.133. The van der Waals surface area contributed by atoms with Gasteiger partial charge in [-0.2, -0.15) is 11.8 Å². The van der Waals surface area contributed by atoms with E-state index < -0.39 is 5.97 Å². The summed E-state index contributed by atoms with van der Waals surface area (Å²) in [6.45, 7) is 2.62. The Balaban J connectivity index is 3.20. The maximum atomic E-state index is 11.2. The van der Waals surface area contributed by atoms with Crippen LogP contribution in [0.15, 0.2) is 0 Å². The molecule has 2 N–H and O–H groups in total. The predicted octanol–water partition coefficient (Wildman–Crippen LogP) is 1.06. The van der Waals surface area contributed by atoms with Crippen molar-refractivity contribution in [2.45, 2.75) is 13.3 Å². The molecule has 0 rings (SSSR count). The smallest absolute Gasteiger partial charge is 0.313 e. The maximum absolute atomic E-state index is 11.2. The van der Waals surface area contributed by atoms with E-state index in [-0.39, 0.29) is 11.7 Å². The lowest BCUT2D eigenvalue weighted by Crippen LogP contribution is -2.27. The first kappa shape index (κ1) is 14.6. The molecule has 0 unspecified atom stereocenters. The topological polar surface area (TPSA) is 66.4 Å². The van der Waals surface area contributed by atoms with Crippen LogP contribution in [-0.4, -0.2) is 46.5 Å². The summed E-state index contributed by atoms with van der Waals surface area (Å²) in [5, 5.41) is 11.1. The molecule has 0 atom stereocenters. The first-order chi connectivity index (χ1) is 7.16. The zero-order valence-electron chi connectivity index (χ0n) is 8.82. The van der Waals surface area contributed by atoms with Crippen molar-refractivity contribution in [3.63, 3.8) is 0 Å². The molecule has 0 aliphatic heterocycles. The third-order valence-electron chi connectivity index (χ3n) is 1.38. The molecule has 0 aromatic rings. The molecule has 0 saturated carbocycles. The van der Waals surface area contributed by atoms with Crippen LogP contribution in [0.25, 0.3) is 0 Å². The number of carbonyl (C=O) groups is 2. The number of carboxylic acids is 1. The van der Waals surface area contributed by atoms with Crippen LogP contribution in [0.2, 0.25) is 0 Å². The van der Waals surface area contributed by atoms with Gasteiger partial charge in [0, 0.05) is 12.3 Å². The number of amides is 1. The van der Waals surface area contributed by atoms with E-state index in [1.807, 2.05) is 0 Å². The van der Waals surface area contributed by atoms with E-state index in [2.05, 4.69) is 12.2 Å². The average Bonchev–Trinajstić information content (AvgIpc) is 2.17. The van der Waals surface area contributed by atoms with Crippen LogP contribution in [0.1, 0.15) is 13.3 Å². The number of aliphatic carboxylic acids is 1. The Morgan fingerprint density at radius 3 is 2.47 bits per heavy atom. The summed E-state index contributed by atoms with van der Waals surface area (Å²) >= 11 is 2.93. The van der Waals surface area contributed by atoms with Crippen LogP contribution in [0, 0.1) is 0 Å². The zero-order valence-corrected chi connectivity index (χ0v) is 10.5. The minimum atomic E-state index is -0.815. The summed E-state index contributed by atoms with van der Waals surface area (Å²) in [6, 6.07) is 0. The molecule has 1 amide bonds. The Labute approximate surface area is 98.6 Å². The summed E-state index contributed by atoms with van der Waals surface area (Å²) in [4.78, 5) is 21.3. The van der Waals surface area contributed by atoms with Crippen molar-refractivity contribution < 1.29 is 14.7 Å². The molecular weight excluding hydrogens is 234 g/mol. The van der Waals surface area contributed by atoms with Gasteiger partial charge in [0.15, 0.2) is 0 Å². The molecule has 0 aromatic carbocycles. The quantitative estimate of drug-likeness (QED) is 0.600. The molecule has 6 heteroatoms. The van der Waals surface area contributed by atoms with E-state index in [1.165, 1.54) is 11.8 Å². The first-order valence-corrected chi connectivity index (χ1v) is 7.11. The van der Waals surface area contributed by atoms with E-state index in [0.717, 1.165) is 12.2 Å². The summed E-state index contributed by atoms with van der Waals surface area (Å²) in [6.07, 6.45) is 1.08. The number of nitrogens with one attached hydrogen (secondary N) is 1. The Hall–Kier alpha value is -0.360. The van der Waals surface area contributed by atoms with Crippen LogP contribution in [-0.2, 0) is 9.59 Å². The van der Waals surface area contributed by atoms with Gasteiger partial charge in [-0.05, 0) is 12.2 Å². The number of carboxylic acid groups (broad SMARTS) is 1. The van der Waals surface area contributed by atoms with Gasteiger partial charge in [-0.15, -0.1) is 11.8 Å². The number of rotatable bonds is 9. The van der Waals surface area contributed by atoms with Crippen LogP contribution < -0.4 is 5.32 Å². The van der Waals surface area contributed by atoms with Gasteiger partial charge in [-0.1, -0.05) is 6.92 Å². The molecule has 0 spiro atoms. The van der Waals surface area contributed by atoms with Crippen LogP contribution >= 0.6 is 23.5 Å². The second-order valence-electron chi connectivity index (χ2n) is 2.85. The summed E-state index contributed by atoms with van der Waals surface area (Å²) < 4.78 is 0. The standard InChI is InChI=1S/C9H17NO3S2/c1-2-4-14-6-8(11)10-3-5-15-7-9(12)13/h2-7H2,1H3,(H,10,11)(H,12,13). The van der Waals surface area contributed by atoms with Gasteiger partial charge in [0.2, 0.25) is 5.91 Å². The molecule has 0 aliphatic rings. The van der Waals surface area contributed by atoms with Gasteiger partial charge in [0.05, 0.1) is 11.5 Å². The molecule has 88 valence electrons. The van der Waals surface area contributed by atoms with Gasteiger partial charge in [0.1, 0.15) is 0 Å². The van der Waals surface area contributed by atoms with E-state index in [0.29, 0.717) is 18.1 Å². The monoisotopic (exact) mass is 251 g/mol. The number of hydrogen-bond acceptors (Lipinski definition) is 4. The van der Waals surface area contributed by atoms with E-state index in [9.17, 15) is 9.59 Å². The fourth-order valence-electron chi connectivity index (χ4n) is 0.782. The van der Waals surface area contributed by atoms with Crippen molar-refractivity contribution in [3.8, 4) is 0 Å². The molecular formula is C9H17NO3S2. The van der Waals surface area contributed by atoms with Crippen LogP contribution in [0.5, 0.6) is 0 Å². The van der Waals surface area contributed by atoms with E-state index in [1.54, 1.807) is 11.8 Å². The zero-order chi connectivity index (χ0) is 11.5. The molecule has 0 aliphatic carbocycles. The van der Waals surface area contributed by atoms with E-state index in [4.69, 9.17) is 5.11 Å².